The Kier molecular flexibility index (Phi) is 4.20. The van der Waals surface area contributed by atoms with Crippen molar-refractivity contribution in [3.8, 4) is 5.75 Å². The standard InChI is InChI=1S/C14H16N2O3/c1-10-13(6-8-18-10)14(17)16-11-2-4-12(5-3-11)19-9-7-15/h2-6,8H,7,9,15H2,1H3,(H,16,17). The maximum absolute atomic E-state index is 11.9. The van der Waals surface area contributed by atoms with Crippen molar-refractivity contribution in [2.24, 2.45) is 5.73 Å². The van der Waals surface area contributed by atoms with E-state index < -0.39 is 0 Å². The molecule has 0 spiro atoms. The first-order valence-electron chi connectivity index (χ1n) is 5.99. The monoisotopic (exact) mass is 260 g/mol. The molecule has 1 aromatic heterocycles. The van der Waals surface area contributed by atoms with Crippen molar-refractivity contribution in [1.29, 1.82) is 0 Å². The molecule has 19 heavy (non-hydrogen) atoms. The van der Waals surface area contributed by atoms with Crippen molar-refractivity contribution in [3.05, 3.63) is 47.9 Å². The van der Waals surface area contributed by atoms with Crippen molar-refractivity contribution in [3.63, 3.8) is 0 Å². The minimum absolute atomic E-state index is 0.193. The van der Waals surface area contributed by atoms with Crippen LogP contribution in [0.4, 0.5) is 5.69 Å². The lowest BCUT2D eigenvalue weighted by molar-refractivity contribution is 0.102. The van der Waals surface area contributed by atoms with Crippen molar-refractivity contribution in [1.82, 2.24) is 0 Å². The zero-order chi connectivity index (χ0) is 13.7. The first-order valence-corrected chi connectivity index (χ1v) is 5.99. The van der Waals surface area contributed by atoms with Crippen molar-refractivity contribution < 1.29 is 13.9 Å². The molecule has 2 aromatic rings. The lowest BCUT2D eigenvalue weighted by atomic mass is 10.2. The van der Waals surface area contributed by atoms with Gasteiger partial charge in [0.05, 0.1) is 11.8 Å². The molecule has 2 rings (SSSR count). The van der Waals surface area contributed by atoms with Crippen LogP contribution in [0.5, 0.6) is 5.75 Å². The van der Waals surface area contributed by atoms with E-state index in [1.165, 1.54) is 6.26 Å². The van der Waals surface area contributed by atoms with E-state index in [2.05, 4.69) is 5.32 Å². The Labute approximate surface area is 111 Å². The number of hydrogen-bond donors (Lipinski definition) is 2. The number of hydrogen-bond acceptors (Lipinski definition) is 4. The summed E-state index contributed by atoms with van der Waals surface area (Å²) in [6, 6.07) is 8.77. The molecule has 100 valence electrons. The normalized spacial score (nSPS) is 10.2. The fraction of sp³-hybridized carbons (Fsp3) is 0.214. The number of anilines is 1. The number of carbonyl (C=O) groups excluding carboxylic acids is 1. The molecule has 1 amide bonds. The van der Waals surface area contributed by atoms with Crippen LogP contribution in [0, 0.1) is 6.92 Å². The Balaban J connectivity index is 2.00. The topological polar surface area (TPSA) is 77.5 Å². The van der Waals surface area contributed by atoms with E-state index in [-0.39, 0.29) is 5.91 Å². The van der Waals surface area contributed by atoms with Gasteiger partial charge in [0, 0.05) is 12.2 Å². The lowest BCUT2D eigenvalue weighted by Crippen LogP contribution is -2.12. The number of rotatable bonds is 5. The van der Waals surface area contributed by atoms with Crippen LogP contribution in [-0.2, 0) is 0 Å². The number of amides is 1. The highest BCUT2D eigenvalue weighted by molar-refractivity contribution is 6.04. The van der Waals surface area contributed by atoms with Crippen LogP contribution in [0.2, 0.25) is 0 Å². The molecule has 0 unspecified atom stereocenters. The summed E-state index contributed by atoms with van der Waals surface area (Å²) in [6.07, 6.45) is 1.49. The molecule has 0 saturated heterocycles. The van der Waals surface area contributed by atoms with Gasteiger partial charge in [0.25, 0.3) is 5.91 Å². The summed E-state index contributed by atoms with van der Waals surface area (Å²) in [5.41, 5.74) is 6.58. The van der Waals surface area contributed by atoms with Gasteiger partial charge in [-0.15, -0.1) is 0 Å². The molecule has 0 aliphatic rings. The van der Waals surface area contributed by atoms with Gasteiger partial charge in [-0.3, -0.25) is 4.79 Å². The van der Waals surface area contributed by atoms with Gasteiger partial charge >= 0.3 is 0 Å². The van der Waals surface area contributed by atoms with Crippen LogP contribution in [0.25, 0.3) is 0 Å². The SMILES string of the molecule is Cc1occc1C(=O)Nc1ccc(OCCN)cc1. The van der Waals surface area contributed by atoms with E-state index in [9.17, 15) is 4.79 Å². The summed E-state index contributed by atoms with van der Waals surface area (Å²) in [5, 5.41) is 2.79. The Hall–Kier alpha value is -2.27. The predicted octanol–water partition coefficient (Wildman–Crippen LogP) is 2.18. The van der Waals surface area contributed by atoms with Crippen molar-refractivity contribution >= 4 is 11.6 Å². The molecule has 0 saturated carbocycles. The summed E-state index contributed by atoms with van der Waals surface area (Å²) >= 11 is 0. The van der Waals surface area contributed by atoms with E-state index in [4.69, 9.17) is 14.9 Å². The first-order chi connectivity index (χ1) is 9.20. The number of carbonyl (C=O) groups is 1. The number of ether oxygens (including phenoxy) is 1. The number of benzene rings is 1. The fourth-order valence-electron chi connectivity index (χ4n) is 1.63. The van der Waals surface area contributed by atoms with Gasteiger partial charge in [0.2, 0.25) is 0 Å². The van der Waals surface area contributed by atoms with E-state index in [1.54, 1.807) is 37.3 Å². The maximum Gasteiger partial charge on any atom is 0.259 e. The molecular weight excluding hydrogens is 244 g/mol. The van der Waals surface area contributed by atoms with E-state index in [0.29, 0.717) is 30.2 Å². The molecule has 0 bridgehead atoms. The van der Waals surface area contributed by atoms with Gasteiger partial charge in [0.15, 0.2) is 0 Å². The third-order valence-corrected chi connectivity index (χ3v) is 2.60. The minimum Gasteiger partial charge on any atom is -0.492 e. The summed E-state index contributed by atoms with van der Waals surface area (Å²) in [6.45, 7) is 2.69. The molecule has 1 heterocycles. The summed E-state index contributed by atoms with van der Waals surface area (Å²) in [5.74, 6) is 1.13. The molecule has 5 heteroatoms. The molecule has 0 aliphatic heterocycles. The van der Waals surface area contributed by atoms with E-state index in [0.717, 1.165) is 5.75 Å². The zero-order valence-electron chi connectivity index (χ0n) is 10.7. The summed E-state index contributed by atoms with van der Waals surface area (Å²) in [4.78, 5) is 11.9. The van der Waals surface area contributed by atoms with Gasteiger partial charge < -0.3 is 20.2 Å². The highest BCUT2D eigenvalue weighted by Crippen LogP contribution is 2.17. The maximum atomic E-state index is 11.9. The molecule has 1 aromatic carbocycles. The minimum atomic E-state index is -0.193. The Morgan fingerprint density at radius 2 is 2.05 bits per heavy atom. The molecule has 0 aliphatic carbocycles. The van der Waals surface area contributed by atoms with Gasteiger partial charge in [-0.05, 0) is 37.3 Å². The van der Waals surface area contributed by atoms with Crippen LogP contribution in [0.3, 0.4) is 0 Å². The quantitative estimate of drug-likeness (QED) is 0.863. The van der Waals surface area contributed by atoms with Crippen LogP contribution in [-0.4, -0.2) is 19.1 Å². The average Bonchev–Trinajstić information content (AvgIpc) is 2.84. The second-order valence-corrected chi connectivity index (χ2v) is 4.01. The van der Waals surface area contributed by atoms with E-state index in [1.807, 2.05) is 0 Å². The van der Waals surface area contributed by atoms with Crippen molar-refractivity contribution in [2.75, 3.05) is 18.5 Å². The van der Waals surface area contributed by atoms with E-state index >= 15 is 0 Å². The molecule has 0 atom stereocenters. The number of nitrogens with one attached hydrogen (secondary N) is 1. The average molecular weight is 260 g/mol. The number of aryl methyl sites for hydroxylation is 1. The zero-order valence-corrected chi connectivity index (χ0v) is 10.7. The molecule has 3 N–H and O–H groups in total. The molecule has 0 radical (unpaired) electrons. The van der Waals surface area contributed by atoms with Crippen LogP contribution in [0.15, 0.2) is 41.0 Å². The Morgan fingerprint density at radius 3 is 2.63 bits per heavy atom. The molecular formula is C14H16N2O3. The fourth-order valence-corrected chi connectivity index (χ4v) is 1.63. The smallest absolute Gasteiger partial charge is 0.259 e. The highest BCUT2D eigenvalue weighted by Gasteiger charge is 2.11. The molecule has 0 fully saturated rings. The van der Waals surface area contributed by atoms with Gasteiger partial charge in [-0.2, -0.15) is 0 Å². The summed E-state index contributed by atoms with van der Waals surface area (Å²) < 4.78 is 10.4. The van der Waals surface area contributed by atoms with Gasteiger partial charge in [-0.1, -0.05) is 0 Å². The van der Waals surface area contributed by atoms with Crippen molar-refractivity contribution in [2.45, 2.75) is 6.92 Å². The Morgan fingerprint density at radius 1 is 1.32 bits per heavy atom. The van der Waals surface area contributed by atoms with Gasteiger partial charge in [-0.25, -0.2) is 0 Å². The lowest BCUT2D eigenvalue weighted by Gasteiger charge is -2.07. The van der Waals surface area contributed by atoms with Crippen LogP contribution >= 0.6 is 0 Å². The van der Waals surface area contributed by atoms with Gasteiger partial charge in [0.1, 0.15) is 18.1 Å². The third kappa shape index (κ3) is 3.35. The van der Waals surface area contributed by atoms with Crippen LogP contribution < -0.4 is 15.8 Å². The third-order valence-electron chi connectivity index (χ3n) is 2.60. The largest absolute Gasteiger partial charge is 0.492 e. The Bertz CT molecular complexity index is 546. The highest BCUT2D eigenvalue weighted by atomic mass is 16.5. The number of nitrogens with two attached hydrogens (primary N) is 1. The molecule has 5 nitrogen and oxygen atoms in total. The predicted molar refractivity (Wildman–Crippen MR) is 72.4 cm³/mol. The summed E-state index contributed by atoms with van der Waals surface area (Å²) in [7, 11) is 0. The number of furan rings is 1. The second-order valence-electron chi connectivity index (χ2n) is 4.01. The van der Waals surface area contributed by atoms with Crippen LogP contribution in [0.1, 0.15) is 16.1 Å². The first kappa shape index (κ1) is 13.2. The second kappa shape index (κ2) is 6.06.